The number of oxazole rings is 1. The molecule has 1 fully saturated rings. The van der Waals surface area contributed by atoms with Gasteiger partial charge in [0.25, 0.3) is 5.91 Å². The zero-order valence-electron chi connectivity index (χ0n) is 14.8. The van der Waals surface area contributed by atoms with Gasteiger partial charge in [-0.15, -0.1) is 12.4 Å². The number of hydrogen-bond donors (Lipinski definition) is 1. The Morgan fingerprint density at radius 2 is 1.96 bits per heavy atom. The summed E-state index contributed by atoms with van der Waals surface area (Å²) in [6.07, 6.45) is 3.31. The van der Waals surface area contributed by atoms with Crippen LogP contribution in [-0.2, 0) is 0 Å². The van der Waals surface area contributed by atoms with Crippen LogP contribution in [0, 0.1) is 12.8 Å². The Labute approximate surface area is 155 Å². The van der Waals surface area contributed by atoms with Crippen molar-refractivity contribution in [2.45, 2.75) is 26.2 Å². The van der Waals surface area contributed by atoms with Crippen molar-refractivity contribution in [3.8, 4) is 11.5 Å². The molecule has 1 aromatic carbocycles. The van der Waals surface area contributed by atoms with Crippen molar-refractivity contribution in [2.75, 3.05) is 26.7 Å². The first-order valence-electron chi connectivity index (χ1n) is 8.65. The number of carbonyl (C=O) groups is 1. The molecule has 0 aliphatic carbocycles. The molecular formula is C19H26ClN3O2. The lowest BCUT2D eigenvalue weighted by Crippen LogP contribution is -2.39. The summed E-state index contributed by atoms with van der Waals surface area (Å²) < 4.78 is 5.72. The topological polar surface area (TPSA) is 58.4 Å². The van der Waals surface area contributed by atoms with Crippen LogP contribution >= 0.6 is 12.4 Å². The number of likely N-dealkylation sites (tertiary alicyclic amines) is 1. The maximum absolute atomic E-state index is 12.8. The minimum Gasteiger partial charge on any atom is -0.441 e. The zero-order valence-corrected chi connectivity index (χ0v) is 15.6. The van der Waals surface area contributed by atoms with Crippen molar-refractivity contribution in [1.29, 1.82) is 0 Å². The highest BCUT2D eigenvalue weighted by atomic mass is 35.5. The Morgan fingerprint density at radius 3 is 2.60 bits per heavy atom. The fraction of sp³-hybridized carbons (Fsp3) is 0.474. The average Bonchev–Trinajstić information content (AvgIpc) is 3.02. The maximum atomic E-state index is 12.8. The summed E-state index contributed by atoms with van der Waals surface area (Å²) >= 11 is 0. The second kappa shape index (κ2) is 9.02. The van der Waals surface area contributed by atoms with E-state index in [1.807, 2.05) is 49.2 Å². The Hall–Kier alpha value is -1.85. The summed E-state index contributed by atoms with van der Waals surface area (Å²) in [5.41, 5.74) is 1.34. The molecule has 1 N–H and O–H groups in total. The first kappa shape index (κ1) is 19.5. The van der Waals surface area contributed by atoms with Crippen molar-refractivity contribution < 1.29 is 9.21 Å². The van der Waals surface area contributed by atoms with Gasteiger partial charge in [0, 0.05) is 18.7 Å². The first-order valence-corrected chi connectivity index (χ1v) is 8.65. The second-order valence-corrected chi connectivity index (χ2v) is 6.42. The summed E-state index contributed by atoms with van der Waals surface area (Å²) in [5.74, 6) is 1.81. The van der Waals surface area contributed by atoms with E-state index in [1.165, 1.54) is 6.42 Å². The standard InChI is InChI=1S/C19H25N3O2.ClH/c1-14-17(21-18(24-14)16-6-4-3-5-7-16)19(23)22-12-9-15(10-13-22)8-11-20-2;/h3-7,15,20H,8-13H2,1-2H3;1H. The molecule has 6 heteroatoms. The third-order valence-electron chi connectivity index (χ3n) is 4.72. The molecule has 1 aromatic heterocycles. The van der Waals surface area contributed by atoms with Crippen molar-refractivity contribution in [3.05, 3.63) is 41.8 Å². The minimum atomic E-state index is -0.00880. The lowest BCUT2D eigenvalue weighted by atomic mass is 9.93. The molecule has 1 aliphatic heterocycles. The normalized spacial score (nSPS) is 15.0. The monoisotopic (exact) mass is 363 g/mol. The van der Waals surface area contributed by atoms with Gasteiger partial charge in [0.15, 0.2) is 5.69 Å². The first-order chi connectivity index (χ1) is 11.7. The van der Waals surface area contributed by atoms with Crippen LogP contribution in [0.1, 0.15) is 35.5 Å². The van der Waals surface area contributed by atoms with E-state index in [1.54, 1.807) is 0 Å². The molecule has 1 saturated heterocycles. The number of aromatic nitrogens is 1. The van der Waals surface area contributed by atoms with E-state index in [4.69, 9.17) is 4.42 Å². The Balaban J connectivity index is 0.00000225. The zero-order chi connectivity index (χ0) is 16.9. The number of rotatable bonds is 5. The van der Waals surface area contributed by atoms with Crippen LogP contribution in [0.25, 0.3) is 11.5 Å². The highest BCUT2D eigenvalue weighted by molar-refractivity contribution is 5.93. The second-order valence-electron chi connectivity index (χ2n) is 6.42. The van der Waals surface area contributed by atoms with E-state index in [0.29, 0.717) is 23.3 Å². The molecule has 136 valence electrons. The van der Waals surface area contributed by atoms with Crippen molar-refractivity contribution in [2.24, 2.45) is 5.92 Å². The summed E-state index contributed by atoms with van der Waals surface area (Å²) in [6, 6.07) is 9.70. The Bertz CT molecular complexity index is 679. The smallest absolute Gasteiger partial charge is 0.276 e. The molecule has 2 aromatic rings. The van der Waals surface area contributed by atoms with E-state index in [-0.39, 0.29) is 18.3 Å². The molecule has 1 amide bonds. The van der Waals surface area contributed by atoms with Gasteiger partial charge in [-0.05, 0) is 57.8 Å². The SMILES string of the molecule is CNCCC1CCN(C(=O)c2nc(-c3ccccc3)oc2C)CC1.Cl. The lowest BCUT2D eigenvalue weighted by Gasteiger charge is -2.31. The van der Waals surface area contributed by atoms with Crippen LogP contribution in [0.5, 0.6) is 0 Å². The average molecular weight is 364 g/mol. The van der Waals surface area contributed by atoms with Crippen LogP contribution < -0.4 is 5.32 Å². The third-order valence-corrected chi connectivity index (χ3v) is 4.72. The maximum Gasteiger partial charge on any atom is 0.276 e. The van der Waals surface area contributed by atoms with Crippen LogP contribution in [0.3, 0.4) is 0 Å². The van der Waals surface area contributed by atoms with Crippen LogP contribution in [0.15, 0.2) is 34.7 Å². The largest absolute Gasteiger partial charge is 0.441 e. The van der Waals surface area contributed by atoms with E-state index < -0.39 is 0 Å². The molecule has 0 spiro atoms. The number of halogens is 1. The number of benzene rings is 1. The molecule has 0 radical (unpaired) electrons. The van der Waals surface area contributed by atoms with Gasteiger partial charge in [-0.3, -0.25) is 4.79 Å². The van der Waals surface area contributed by atoms with E-state index in [9.17, 15) is 4.79 Å². The number of nitrogens with zero attached hydrogens (tertiary/aromatic N) is 2. The highest BCUT2D eigenvalue weighted by Crippen LogP contribution is 2.25. The predicted octanol–water partition coefficient (Wildman–Crippen LogP) is 3.53. The Morgan fingerprint density at radius 1 is 1.28 bits per heavy atom. The van der Waals surface area contributed by atoms with Crippen molar-refractivity contribution in [3.63, 3.8) is 0 Å². The van der Waals surface area contributed by atoms with Crippen LogP contribution in [0.2, 0.25) is 0 Å². The number of piperidine rings is 1. The Kier molecular flexibility index (Phi) is 7.02. The van der Waals surface area contributed by atoms with Gasteiger partial charge < -0.3 is 14.6 Å². The number of nitrogens with one attached hydrogen (secondary N) is 1. The quantitative estimate of drug-likeness (QED) is 0.882. The predicted molar refractivity (Wildman–Crippen MR) is 101 cm³/mol. The molecule has 0 bridgehead atoms. The summed E-state index contributed by atoms with van der Waals surface area (Å²) in [7, 11) is 1.98. The van der Waals surface area contributed by atoms with Gasteiger partial charge in [-0.25, -0.2) is 4.98 Å². The molecule has 5 nitrogen and oxygen atoms in total. The van der Waals surface area contributed by atoms with E-state index in [0.717, 1.165) is 38.0 Å². The van der Waals surface area contributed by atoms with Gasteiger partial charge in [-0.2, -0.15) is 0 Å². The third kappa shape index (κ3) is 4.61. The summed E-state index contributed by atoms with van der Waals surface area (Å²) in [6.45, 7) is 4.47. The van der Waals surface area contributed by atoms with Gasteiger partial charge >= 0.3 is 0 Å². The molecule has 0 saturated carbocycles. The number of aryl methyl sites for hydroxylation is 1. The molecule has 3 rings (SSSR count). The molecule has 1 aliphatic rings. The lowest BCUT2D eigenvalue weighted by molar-refractivity contribution is 0.0680. The van der Waals surface area contributed by atoms with Gasteiger partial charge in [0.05, 0.1) is 0 Å². The molecule has 0 unspecified atom stereocenters. The van der Waals surface area contributed by atoms with Crippen LogP contribution in [-0.4, -0.2) is 42.5 Å². The van der Waals surface area contributed by atoms with Gasteiger partial charge in [-0.1, -0.05) is 18.2 Å². The number of hydrogen-bond acceptors (Lipinski definition) is 4. The molecule has 25 heavy (non-hydrogen) atoms. The van der Waals surface area contributed by atoms with Crippen LogP contribution in [0.4, 0.5) is 0 Å². The van der Waals surface area contributed by atoms with Crippen molar-refractivity contribution in [1.82, 2.24) is 15.2 Å². The summed E-state index contributed by atoms with van der Waals surface area (Å²) in [4.78, 5) is 19.1. The van der Waals surface area contributed by atoms with Gasteiger partial charge in [0.1, 0.15) is 5.76 Å². The van der Waals surface area contributed by atoms with Gasteiger partial charge in [0.2, 0.25) is 5.89 Å². The minimum absolute atomic E-state index is 0. The number of carbonyl (C=O) groups excluding carboxylic acids is 1. The van der Waals surface area contributed by atoms with E-state index in [2.05, 4.69) is 10.3 Å². The molecular weight excluding hydrogens is 338 g/mol. The fourth-order valence-electron chi connectivity index (χ4n) is 3.22. The number of amides is 1. The summed E-state index contributed by atoms with van der Waals surface area (Å²) in [5, 5.41) is 3.20. The fourth-order valence-corrected chi connectivity index (χ4v) is 3.22. The highest BCUT2D eigenvalue weighted by Gasteiger charge is 2.27. The molecule has 2 heterocycles. The van der Waals surface area contributed by atoms with Crippen molar-refractivity contribution >= 4 is 18.3 Å². The van der Waals surface area contributed by atoms with E-state index >= 15 is 0 Å². The molecule has 0 atom stereocenters.